The SMILES string of the molecule is C=C(C)/N=N\C(=C)C(C)CC. The van der Waals surface area contributed by atoms with Crippen LogP contribution in [0.1, 0.15) is 27.2 Å². The van der Waals surface area contributed by atoms with Crippen LogP contribution in [0.25, 0.3) is 0 Å². The van der Waals surface area contributed by atoms with Gasteiger partial charge in [-0.2, -0.15) is 10.2 Å². The van der Waals surface area contributed by atoms with Gasteiger partial charge in [-0.1, -0.05) is 27.0 Å². The Labute approximate surface area is 68.7 Å². The normalized spacial score (nSPS) is 13.4. The van der Waals surface area contributed by atoms with Gasteiger partial charge in [0.1, 0.15) is 0 Å². The van der Waals surface area contributed by atoms with E-state index < -0.39 is 0 Å². The minimum absolute atomic E-state index is 0.415. The minimum Gasteiger partial charge on any atom is -0.156 e. The lowest BCUT2D eigenvalue weighted by Crippen LogP contribution is -1.92. The minimum atomic E-state index is 0.415. The highest BCUT2D eigenvalue weighted by molar-refractivity contribution is 4.96. The fraction of sp³-hybridized carbons (Fsp3) is 0.556. The van der Waals surface area contributed by atoms with Crippen LogP contribution in [-0.4, -0.2) is 0 Å². The first kappa shape index (κ1) is 10.1. The Hall–Kier alpha value is -0.920. The maximum Gasteiger partial charge on any atom is 0.0587 e. The second kappa shape index (κ2) is 4.83. The van der Waals surface area contributed by atoms with E-state index in [0.717, 1.165) is 17.8 Å². The molecule has 0 aliphatic rings. The quantitative estimate of drug-likeness (QED) is 0.550. The summed E-state index contributed by atoms with van der Waals surface area (Å²) in [5.41, 5.74) is 1.55. The molecular formula is C9H16N2. The van der Waals surface area contributed by atoms with Crippen LogP contribution >= 0.6 is 0 Å². The molecule has 1 unspecified atom stereocenters. The van der Waals surface area contributed by atoms with E-state index in [1.54, 1.807) is 0 Å². The molecule has 0 heterocycles. The van der Waals surface area contributed by atoms with Crippen molar-refractivity contribution in [2.45, 2.75) is 27.2 Å². The van der Waals surface area contributed by atoms with Crippen molar-refractivity contribution in [3.8, 4) is 0 Å². The fourth-order valence-electron chi connectivity index (χ4n) is 0.484. The molecule has 11 heavy (non-hydrogen) atoms. The van der Waals surface area contributed by atoms with Gasteiger partial charge in [0, 0.05) is 0 Å². The standard InChI is InChI=1S/C9H16N2/c1-6-8(4)9(5)11-10-7(2)3/h8H,2,5-6H2,1,3-4H3/b11-10-. The lowest BCUT2D eigenvalue weighted by atomic mass is 10.1. The molecule has 0 N–H and O–H groups in total. The van der Waals surface area contributed by atoms with Gasteiger partial charge >= 0.3 is 0 Å². The lowest BCUT2D eigenvalue weighted by molar-refractivity contribution is 0.641. The number of allylic oxidation sites excluding steroid dienone is 2. The van der Waals surface area contributed by atoms with Crippen LogP contribution in [-0.2, 0) is 0 Å². The van der Waals surface area contributed by atoms with Gasteiger partial charge in [-0.15, -0.1) is 0 Å². The average molecular weight is 152 g/mol. The van der Waals surface area contributed by atoms with E-state index in [1.807, 2.05) is 6.92 Å². The predicted molar refractivity (Wildman–Crippen MR) is 48.3 cm³/mol. The van der Waals surface area contributed by atoms with Crippen molar-refractivity contribution in [3.05, 3.63) is 24.6 Å². The molecule has 2 heteroatoms. The zero-order chi connectivity index (χ0) is 8.85. The largest absolute Gasteiger partial charge is 0.156 e. The van der Waals surface area contributed by atoms with Crippen molar-refractivity contribution in [2.24, 2.45) is 16.1 Å². The van der Waals surface area contributed by atoms with Crippen LogP contribution in [0.5, 0.6) is 0 Å². The first-order valence-corrected chi connectivity index (χ1v) is 3.84. The fourth-order valence-corrected chi connectivity index (χ4v) is 0.484. The third-order valence-corrected chi connectivity index (χ3v) is 1.53. The Morgan fingerprint density at radius 3 is 2.27 bits per heavy atom. The molecule has 0 bridgehead atoms. The number of hydrogen-bond acceptors (Lipinski definition) is 2. The second-order valence-electron chi connectivity index (χ2n) is 2.74. The van der Waals surface area contributed by atoms with Gasteiger partial charge < -0.3 is 0 Å². The lowest BCUT2D eigenvalue weighted by Gasteiger charge is -2.04. The van der Waals surface area contributed by atoms with Crippen molar-refractivity contribution in [3.63, 3.8) is 0 Å². The van der Waals surface area contributed by atoms with Gasteiger partial charge in [0.05, 0.1) is 11.4 Å². The van der Waals surface area contributed by atoms with E-state index in [4.69, 9.17) is 0 Å². The molecule has 0 spiro atoms. The summed E-state index contributed by atoms with van der Waals surface area (Å²) in [6.07, 6.45) is 1.05. The molecule has 1 atom stereocenters. The van der Waals surface area contributed by atoms with E-state index in [1.165, 1.54) is 0 Å². The molecule has 0 aliphatic heterocycles. The van der Waals surface area contributed by atoms with E-state index in [2.05, 4.69) is 37.2 Å². The van der Waals surface area contributed by atoms with Crippen LogP contribution in [0.4, 0.5) is 0 Å². The van der Waals surface area contributed by atoms with Gasteiger partial charge in [0.15, 0.2) is 0 Å². The third-order valence-electron chi connectivity index (χ3n) is 1.53. The Balaban J connectivity index is 3.96. The molecule has 2 nitrogen and oxygen atoms in total. The molecule has 0 radical (unpaired) electrons. The molecule has 0 fully saturated rings. The molecule has 0 saturated carbocycles. The number of hydrogen-bond donors (Lipinski definition) is 0. The topological polar surface area (TPSA) is 24.7 Å². The molecule has 0 aromatic heterocycles. The summed E-state index contributed by atoms with van der Waals surface area (Å²) >= 11 is 0. The Morgan fingerprint density at radius 2 is 1.91 bits per heavy atom. The average Bonchev–Trinajstić information content (AvgIpc) is 1.98. The zero-order valence-corrected chi connectivity index (χ0v) is 7.59. The van der Waals surface area contributed by atoms with Crippen LogP contribution in [0.3, 0.4) is 0 Å². The highest BCUT2D eigenvalue weighted by atomic mass is 15.1. The molecule has 0 aliphatic carbocycles. The summed E-state index contributed by atoms with van der Waals surface area (Å²) in [4.78, 5) is 0. The summed E-state index contributed by atoms with van der Waals surface area (Å²) in [5.74, 6) is 0.415. The van der Waals surface area contributed by atoms with E-state index in [0.29, 0.717) is 5.92 Å². The van der Waals surface area contributed by atoms with Crippen molar-refractivity contribution in [2.75, 3.05) is 0 Å². The van der Waals surface area contributed by atoms with Gasteiger partial charge in [0.25, 0.3) is 0 Å². The molecule has 0 aromatic carbocycles. The van der Waals surface area contributed by atoms with Gasteiger partial charge in [-0.25, -0.2) is 0 Å². The van der Waals surface area contributed by atoms with Crippen LogP contribution in [0.15, 0.2) is 34.8 Å². The smallest absolute Gasteiger partial charge is 0.0587 e. The van der Waals surface area contributed by atoms with Crippen molar-refractivity contribution in [1.82, 2.24) is 0 Å². The molecule has 0 amide bonds. The van der Waals surface area contributed by atoms with E-state index >= 15 is 0 Å². The highest BCUT2D eigenvalue weighted by Crippen LogP contribution is 2.13. The van der Waals surface area contributed by atoms with Crippen molar-refractivity contribution < 1.29 is 0 Å². The number of azo groups is 1. The monoisotopic (exact) mass is 152 g/mol. The molecule has 0 aromatic rings. The second-order valence-corrected chi connectivity index (χ2v) is 2.74. The number of nitrogens with zero attached hydrogens (tertiary/aromatic N) is 2. The van der Waals surface area contributed by atoms with E-state index in [-0.39, 0.29) is 0 Å². The van der Waals surface area contributed by atoms with Crippen LogP contribution < -0.4 is 0 Å². The molecule has 0 saturated heterocycles. The first-order chi connectivity index (χ1) is 5.07. The Bertz CT molecular complexity index is 180. The summed E-state index contributed by atoms with van der Waals surface area (Å²) in [7, 11) is 0. The first-order valence-electron chi connectivity index (χ1n) is 3.84. The third kappa shape index (κ3) is 4.48. The predicted octanol–water partition coefficient (Wildman–Crippen LogP) is 3.53. The van der Waals surface area contributed by atoms with Gasteiger partial charge in [0.2, 0.25) is 0 Å². The van der Waals surface area contributed by atoms with Crippen LogP contribution in [0.2, 0.25) is 0 Å². The summed E-state index contributed by atoms with van der Waals surface area (Å²) in [6.45, 7) is 13.4. The summed E-state index contributed by atoms with van der Waals surface area (Å²) < 4.78 is 0. The van der Waals surface area contributed by atoms with Gasteiger partial charge in [-0.3, -0.25) is 0 Å². The van der Waals surface area contributed by atoms with Crippen LogP contribution in [0, 0.1) is 5.92 Å². The van der Waals surface area contributed by atoms with Gasteiger partial charge in [-0.05, 0) is 19.3 Å². The summed E-state index contributed by atoms with van der Waals surface area (Å²) in [6, 6.07) is 0. The molecule has 0 rings (SSSR count). The van der Waals surface area contributed by atoms with Crippen molar-refractivity contribution >= 4 is 0 Å². The Morgan fingerprint density at radius 1 is 1.36 bits per heavy atom. The number of rotatable bonds is 4. The van der Waals surface area contributed by atoms with E-state index in [9.17, 15) is 0 Å². The van der Waals surface area contributed by atoms with Crippen molar-refractivity contribution in [1.29, 1.82) is 0 Å². The maximum absolute atomic E-state index is 3.93. The molecular weight excluding hydrogens is 136 g/mol. The zero-order valence-electron chi connectivity index (χ0n) is 7.59. The summed E-state index contributed by atoms with van der Waals surface area (Å²) in [5, 5.41) is 7.75. The maximum atomic E-state index is 3.93. The molecule has 62 valence electrons. The highest BCUT2D eigenvalue weighted by Gasteiger charge is 2.01. The Kier molecular flexibility index (Phi) is 4.42.